The Hall–Kier alpha value is -0.520. The molecule has 64 valence electrons. The van der Waals surface area contributed by atoms with Gasteiger partial charge in [-0.3, -0.25) is 0 Å². The van der Waals surface area contributed by atoms with E-state index < -0.39 is 0 Å². The Labute approximate surface area is 71.0 Å². The second kappa shape index (κ2) is 9.48. The lowest BCUT2D eigenvalue weighted by Crippen LogP contribution is -1.65. The van der Waals surface area contributed by atoms with E-state index in [1.165, 1.54) is 32.1 Å². The number of rotatable bonds is 6. The van der Waals surface area contributed by atoms with Gasteiger partial charge in [-0.25, -0.2) is 0 Å². The number of allylic oxidation sites excluding steroid dienone is 4. The van der Waals surface area contributed by atoms with Gasteiger partial charge in [0.2, 0.25) is 0 Å². The van der Waals surface area contributed by atoms with Crippen LogP contribution in [0.5, 0.6) is 0 Å². The monoisotopic (exact) mass is 152 g/mol. The highest BCUT2D eigenvalue weighted by Crippen LogP contribution is 1.95. The summed E-state index contributed by atoms with van der Waals surface area (Å²) in [5.74, 6) is 0. The van der Waals surface area contributed by atoms with Gasteiger partial charge in [0.05, 0.1) is 0 Å². The molecule has 0 radical (unpaired) electrons. The van der Waals surface area contributed by atoms with Crippen LogP contribution in [0.25, 0.3) is 0 Å². The summed E-state index contributed by atoms with van der Waals surface area (Å²) in [5.41, 5.74) is 0. The van der Waals surface area contributed by atoms with Crippen LogP contribution in [0.1, 0.15) is 46.0 Å². The van der Waals surface area contributed by atoms with E-state index in [0.29, 0.717) is 0 Å². The van der Waals surface area contributed by atoms with Crippen LogP contribution < -0.4 is 0 Å². The van der Waals surface area contributed by atoms with E-state index in [4.69, 9.17) is 0 Å². The molecule has 0 aromatic heterocycles. The van der Waals surface area contributed by atoms with Gasteiger partial charge in [-0.1, -0.05) is 57.4 Å². The molecule has 0 bridgehead atoms. The molecule has 0 nitrogen and oxygen atoms in total. The second-order valence-electron chi connectivity index (χ2n) is 2.79. The fraction of sp³-hybridized carbons (Fsp3) is 0.636. The van der Waals surface area contributed by atoms with E-state index in [1.54, 1.807) is 0 Å². The summed E-state index contributed by atoms with van der Waals surface area (Å²) in [5, 5.41) is 0. The summed E-state index contributed by atoms with van der Waals surface area (Å²) >= 11 is 0. The molecule has 0 aromatic carbocycles. The van der Waals surface area contributed by atoms with E-state index in [-0.39, 0.29) is 0 Å². The normalized spacial score (nSPS) is 11.8. The molecule has 0 heteroatoms. The van der Waals surface area contributed by atoms with E-state index in [0.717, 1.165) is 0 Å². The van der Waals surface area contributed by atoms with Crippen molar-refractivity contribution in [2.45, 2.75) is 46.0 Å². The van der Waals surface area contributed by atoms with E-state index >= 15 is 0 Å². The molecule has 0 aliphatic rings. The first-order valence-corrected chi connectivity index (χ1v) is 4.73. The summed E-state index contributed by atoms with van der Waals surface area (Å²) in [7, 11) is 0. The highest BCUT2D eigenvalue weighted by molar-refractivity contribution is 5.01. The van der Waals surface area contributed by atoms with Crippen molar-refractivity contribution in [2.24, 2.45) is 0 Å². The molecule has 0 spiro atoms. The Kier molecular flexibility index (Phi) is 9.03. The maximum absolute atomic E-state index is 2.25. The maximum atomic E-state index is 2.25. The van der Waals surface area contributed by atoms with Crippen molar-refractivity contribution in [2.75, 3.05) is 0 Å². The quantitative estimate of drug-likeness (QED) is 0.397. The predicted molar refractivity (Wildman–Crippen MR) is 52.7 cm³/mol. The third kappa shape index (κ3) is 9.48. The molecule has 0 unspecified atom stereocenters. The SMILES string of the molecule is CCC/C=C/C=CCCCC. The summed E-state index contributed by atoms with van der Waals surface area (Å²) < 4.78 is 0. The van der Waals surface area contributed by atoms with E-state index in [9.17, 15) is 0 Å². The predicted octanol–water partition coefficient (Wildman–Crippen LogP) is 4.09. The summed E-state index contributed by atoms with van der Waals surface area (Å²) in [6, 6.07) is 0. The average Bonchev–Trinajstić information content (AvgIpc) is 2.03. The van der Waals surface area contributed by atoms with Crippen LogP contribution in [0.3, 0.4) is 0 Å². The maximum Gasteiger partial charge on any atom is -0.0348 e. The molecule has 0 aliphatic heterocycles. The van der Waals surface area contributed by atoms with Gasteiger partial charge in [0.15, 0.2) is 0 Å². The molecule has 11 heavy (non-hydrogen) atoms. The van der Waals surface area contributed by atoms with E-state index in [2.05, 4.69) is 38.2 Å². The van der Waals surface area contributed by atoms with Gasteiger partial charge in [-0.2, -0.15) is 0 Å². The highest BCUT2D eigenvalue weighted by atomic mass is 13.8. The molecule has 0 atom stereocenters. The molecule has 0 heterocycles. The lowest BCUT2D eigenvalue weighted by Gasteiger charge is -1.85. The Bertz CT molecular complexity index is 109. The van der Waals surface area contributed by atoms with Crippen LogP contribution in [0, 0.1) is 0 Å². The van der Waals surface area contributed by atoms with Crippen molar-refractivity contribution in [1.29, 1.82) is 0 Å². The third-order valence-electron chi connectivity index (χ3n) is 1.56. The molecule has 0 saturated carbocycles. The minimum Gasteiger partial charge on any atom is -0.0846 e. The van der Waals surface area contributed by atoms with Crippen LogP contribution in [-0.4, -0.2) is 0 Å². The minimum absolute atomic E-state index is 1.21. The van der Waals surface area contributed by atoms with E-state index in [1.807, 2.05) is 0 Å². The van der Waals surface area contributed by atoms with Crippen LogP contribution in [0.15, 0.2) is 24.3 Å². The topological polar surface area (TPSA) is 0 Å². The van der Waals surface area contributed by atoms with Gasteiger partial charge in [0, 0.05) is 0 Å². The first-order chi connectivity index (χ1) is 5.41. The van der Waals surface area contributed by atoms with Crippen molar-refractivity contribution in [1.82, 2.24) is 0 Å². The second-order valence-corrected chi connectivity index (χ2v) is 2.79. The van der Waals surface area contributed by atoms with Crippen LogP contribution in [0.2, 0.25) is 0 Å². The van der Waals surface area contributed by atoms with Gasteiger partial charge in [-0.05, 0) is 12.8 Å². The Morgan fingerprint density at radius 2 is 1.45 bits per heavy atom. The first kappa shape index (κ1) is 10.5. The molecule has 0 fully saturated rings. The number of hydrogen-bond donors (Lipinski definition) is 0. The van der Waals surface area contributed by atoms with Gasteiger partial charge < -0.3 is 0 Å². The summed E-state index contributed by atoms with van der Waals surface area (Å²) in [4.78, 5) is 0. The zero-order chi connectivity index (χ0) is 8.36. The molecule has 0 aromatic rings. The molecule has 0 amide bonds. The Morgan fingerprint density at radius 3 is 2.00 bits per heavy atom. The fourth-order valence-electron chi connectivity index (χ4n) is 0.838. The zero-order valence-electron chi connectivity index (χ0n) is 7.84. The Balaban J connectivity index is 3.14. The lowest BCUT2D eigenvalue weighted by atomic mass is 10.2. The standard InChI is InChI=1S/C11H20/c1-3-5-7-9-11-10-8-6-4-2/h7,9-11H,3-6,8H2,1-2H3/b9-7+,11-10?. The van der Waals surface area contributed by atoms with Crippen LogP contribution >= 0.6 is 0 Å². The summed E-state index contributed by atoms with van der Waals surface area (Å²) in [6.45, 7) is 4.42. The largest absolute Gasteiger partial charge is 0.0846 e. The molecule has 0 saturated heterocycles. The van der Waals surface area contributed by atoms with Crippen molar-refractivity contribution in [3.63, 3.8) is 0 Å². The van der Waals surface area contributed by atoms with Gasteiger partial charge in [0.1, 0.15) is 0 Å². The van der Waals surface area contributed by atoms with Gasteiger partial charge in [0.25, 0.3) is 0 Å². The van der Waals surface area contributed by atoms with Gasteiger partial charge >= 0.3 is 0 Å². The molecular formula is C11H20. The lowest BCUT2D eigenvalue weighted by molar-refractivity contribution is 0.815. The summed E-state index contributed by atoms with van der Waals surface area (Å²) in [6.07, 6.45) is 15.1. The average molecular weight is 152 g/mol. The zero-order valence-corrected chi connectivity index (χ0v) is 7.84. The molecule has 0 N–H and O–H groups in total. The highest BCUT2D eigenvalue weighted by Gasteiger charge is 1.75. The number of hydrogen-bond acceptors (Lipinski definition) is 0. The van der Waals surface area contributed by atoms with Crippen molar-refractivity contribution in [3.8, 4) is 0 Å². The van der Waals surface area contributed by atoms with Crippen LogP contribution in [-0.2, 0) is 0 Å². The molecular weight excluding hydrogens is 132 g/mol. The smallest absolute Gasteiger partial charge is 0.0348 e. The fourth-order valence-corrected chi connectivity index (χ4v) is 0.838. The first-order valence-electron chi connectivity index (χ1n) is 4.73. The number of unbranched alkanes of at least 4 members (excludes halogenated alkanes) is 3. The Morgan fingerprint density at radius 1 is 0.818 bits per heavy atom. The van der Waals surface area contributed by atoms with Crippen molar-refractivity contribution < 1.29 is 0 Å². The van der Waals surface area contributed by atoms with Crippen LogP contribution in [0.4, 0.5) is 0 Å². The molecule has 0 aliphatic carbocycles. The minimum atomic E-state index is 1.21. The molecule has 0 rings (SSSR count). The van der Waals surface area contributed by atoms with Crippen molar-refractivity contribution >= 4 is 0 Å². The van der Waals surface area contributed by atoms with Gasteiger partial charge in [-0.15, -0.1) is 0 Å². The third-order valence-corrected chi connectivity index (χ3v) is 1.56. The van der Waals surface area contributed by atoms with Crippen molar-refractivity contribution in [3.05, 3.63) is 24.3 Å².